The van der Waals surface area contributed by atoms with Gasteiger partial charge in [-0.3, -0.25) is 0 Å². The summed E-state index contributed by atoms with van der Waals surface area (Å²) in [6.07, 6.45) is 1.45. The summed E-state index contributed by atoms with van der Waals surface area (Å²) in [5.74, 6) is 1.27. The van der Waals surface area contributed by atoms with Gasteiger partial charge in [0.05, 0.1) is 17.8 Å². The maximum absolute atomic E-state index is 9.61. The van der Waals surface area contributed by atoms with E-state index in [0.717, 1.165) is 5.56 Å². The van der Waals surface area contributed by atoms with E-state index in [-0.39, 0.29) is 0 Å². The van der Waals surface area contributed by atoms with Crippen molar-refractivity contribution in [2.24, 2.45) is 0 Å². The van der Waals surface area contributed by atoms with Crippen molar-refractivity contribution in [1.29, 1.82) is 0 Å². The van der Waals surface area contributed by atoms with E-state index >= 15 is 0 Å². The highest BCUT2D eigenvalue weighted by Gasteiger charge is 2.14. The van der Waals surface area contributed by atoms with Crippen LogP contribution in [-0.2, 0) is 0 Å². The lowest BCUT2D eigenvalue weighted by Gasteiger charge is -2.19. The molecule has 90 valence electrons. The molecule has 5 heteroatoms. The van der Waals surface area contributed by atoms with Gasteiger partial charge in [-0.25, -0.2) is 9.97 Å². The van der Waals surface area contributed by atoms with E-state index in [1.165, 1.54) is 6.33 Å². The molecule has 0 atom stereocenters. The first-order chi connectivity index (χ1) is 7.44. The monoisotopic (exact) mass is 225 g/mol. The number of ether oxygens (including phenoxy) is 1. The van der Waals surface area contributed by atoms with Gasteiger partial charge in [0.2, 0.25) is 5.88 Å². The van der Waals surface area contributed by atoms with Crippen LogP contribution in [0.25, 0.3) is 0 Å². The van der Waals surface area contributed by atoms with Gasteiger partial charge in [0.1, 0.15) is 12.1 Å². The van der Waals surface area contributed by atoms with Crippen molar-refractivity contribution >= 4 is 5.82 Å². The summed E-state index contributed by atoms with van der Waals surface area (Å²) >= 11 is 0. The van der Waals surface area contributed by atoms with Crippen molar-refractivity contribution < 1.29 is 9.84 Å². The Kier molecular flexibility index (Phi) is 4.06. The Hall–Kier alpha value is -1.36. The third-order valence-electron chi connectivity index (χ3n) is 2.01. The average molecular weight is 225 g/mol. The van der Waals surface area contributed by atoms with E-state index in [9.17, 15) is 5.11 Å². The number of anilines is 1. The van der Waals surface area contributed by atoms with Crippen LogP contribution in [0.1, 0.15) is 26.3 Å². The Morgan fingerprint density at radius 3 is 2.69 bits per heavy atom. The van der Waals surface area contributed by atoms with Gasteiger partial charge in [-0.15, -0.1) is 0 Å². The van der Waals surface area contributed by atoms with Crippen molar-refractivity contribution in [1.82, 2.24) is 9.97 Å². The Morgan fingerprint density at radius 1 is 1.44 bits per heavy atom. The summed E-state index contributed by atoms with van der Waals surface area (Å²) in [6, 6.07) is 0. The molecule has 0 aliphatic carbocycles. The predicted molar refractivity (Wildman–Crippen MR) is 62.7 cm³/mol. The number of hydrogen-bond acceptors (Lipinski definition) is 5. The summed E-state index contributed by atoms with van der Waals surface area (Å²) in [4.78, 5) is 8.15. The van der Waals surface area contributed by atoms with E-state index in [4.69, 9.17) is 4.74 Å². The number of rotatable bonds is 5. The van der Waals surface area contributed by atoms with Crippen LogP contribution in [-0.4, -0.2) is 33.8 Å². The fourth-order valence-corrected chi connectivity index (χ4v) is 1.19. The standard InChI is InChI=1S/C11H19N3O2/c1-5-16-10-8(2)9(13-7-14-10)12-6-11(3,4)15/h7,15H,5-6H2,1-4H3,(H,12,13,14). The summed E-state index contributed by atoms with van der Waals surface area (Å²) in [5.41, 5.74) is 0.0805. The van der Waals surface area contributed by atoms with Crippen LogP contribution in [0.5, 0.6) is 5.88 Å². The van der Waals surface area contributed by atoms with Crippen LogP contribution in [0.3, 0.4) is 0 Å². The summed E-state index contributed by atoms with van der Waals surface area (Å²) < 4.78 is 5.36. The summed E-state index contributed by atoms with van der Waals surface area (Å²) in [7, 11) is 0. The van der Waals surface area contributed by atoms with Crippen LogP contribution < -0.4 is 10.1 Å². The van der Waals surface area contributed by atoms with Crippen molar-refractivity contribution in [3.63, 3.8) is 0 Å². The van der Waals surface area contributed by atoms with Gasteiger partial charge in [-0.2, -0.15) is 0 Å². The van der Waals surface area contributed by atoms with Crippen molar-refractivity contribution in [3.05, 3.63) is 11.9 Å². The number of aliphatic hydroxyl groups is 1. The largest absolute Gasteiger partial charge is 0.478 e. The molecule has 1 aromatic rings. The van der Waals surface area contributed by atoms with Crippen molar-refractivity contribution in [3.8, 4) is 5.88 Å². The molecule has 2 N–H and O–H groups in total. The van der Waals surface area contributed by atoms with Crippen LogP contribution in [0.4, 0.5) is 5.82 Å². The highest BCUT2D eigenvalue weighted by molar-refractivity contribution is 5.47. The van der Waals surface area contributed by atoms with Crippen LogP contribution >= 0.6 is 0 Å². The minimum Gasteiger partial charge on any atom is -0.478 e. The lowest BCUT2D eigenvalue weighted by atomic mass is 10.1. The molecule has 1 heterocycles. The van der Waals surface area contributed by atoms with E-state index < -0.39 is 5.60 Å². The summed E-state index contributed by atoms with van der Waals surface area (Å²) in [5, 5.41) is 12.7. The summed E-state index contributed by atoms with van der Waals surface area (Å²) in [6.45, 7) is 8.27. The van der Waals surface area contributed by atoms with E-state index in [0.29, 0.717) is 24.8 Å². The molecule has 1 aromatic heterocycles. The first-order valence-corrected chi connectivity index (χ1v) is 5.34. The molecule has 0 amide bonds. The molecule has 16 heavy (non-hydrogen) atoms. The Bertz CT molecular complexity index is 348. The van der Waals surface area contributed by atoms with Crippen molar-refractivity contribution in [2.45, 2.75) is 33.3 Å². The molecule has 0 radical (unpaired) electrons. The quantitative estimate of drug-likeness (QED) is 0.792. The van der Waals surface area contributed by atoms with E-state index in [1.54, 1.807) is 13.8 Å². The number of aromatic nitrogens is 2. The maximum Gasteiger partial charge on any atom is 0.221 e. The van der Waals surface area contributed by atoms with Crippen LogP contribution in [0.2, 0.25) is 0 Å². The molecule has 0 aromatic carbocycles. The first-order valence-electron chi connectivity index (χ1n) is 5.34. The predicted octanol–water partition coefficient (Wildman–Crippen LogP) is 1.37. The third-order valence-corrected chi connectivity index (χ3v) is 2.01. The van der Waals surface area contributed by atoms with Crippen LogP contribution in [0.15, 0.2) is 6.33 Å². The zero-order valence-corrected chi connectivity index (χ0v) is 10.2. The molecular formula is C11H19N3O2. The van der Waals surface area contributed by atoms with Crippen LogP contribution in [0, 0.1) is 6.92 Å². The average Bonchev–Trinajstić information content (AvgIpc) is 2.18. The molecule has 0 spiro atoms. The highest BCUT2D eigenvalue weighted by atomic mass is 16.5. The second-order valence-electron chi connectivity index (χ2n) is 4.25. The van der Waals surface area contributed by atoms with Gasteiger partial charge in [0.15, 0.2) is 0 Å². The molecule has 1 rings (SSSR count). The van der Waals surface area contributed by atoms with Gasteiger partial charge in [0.25, 0.3) is 0 Å². The molecule has 0 aliphatic heterocycles. The van der Waals surface area contributed by atoms with Crippen molar-refractivity contribution in [2.75, 3.05) is 18.5 Å². The normalized spacial score (nSPS) is 11.3. The number of nitrogens with zero attached hydrogens (tertiary/aromatic N) is 2. The molecule has 0 saturated heterocycles. The fraction of sp³-hybridized carbons (Fsp3) is 0.636. The Labute approximate surface area is 95.9 Å². The van der Waals surface area contributed by atoms with Gasteiger partial charge in [0, 0.05) is 6.54 Å². The van der Waals surface area contributed by atoms with Gasteiger partial charge in [-0.1, -0.05) is 0 Å². The molecule has 0 fully saturated rings. The maximum atomic E-state index is 9.61. The highest BCUT2D eigenvalue weighted by Crippen LogP contribution is 2.20. The van der Waals surface area contributed by atoms with E-state index in [2.05, 4.69) is 15.3 Å². The Balaban J connectivity index is 2.77. The number of hydrogen-bond donors (Lipinski definition) is 2. The molecule has 0 saturated carbocycles. The topological polar surface area (TPSA) is 67.3 Å². The van der Waals surface area contributed by atoms with E-state index in [1.807, 2.05) is 13.8 Å². The molecule has 0 bridgehead atoms. The van der Waals surface area contributed by atoms with Gasteiger partial charge < -0.3 is 15.2 Å². The zero-order valence-electron chi connectivity index (χ0n) is 10.2. The second-order valence-corrected chi connectivity index (χ2v) is 4.25. The SMILES string of the molecule is CCOc1ncnc(NCC(C)(C)O)c1C. The van der Waals surface area contributed by atoms with Gasteiger partial charge in [-0.05, 0) is 27.7 Å². The minimum atomic E-state index is -0.775. The Morgan fingerprint density at radius 2 is 2.12 bits per heavy atom. The minimum absolute atomic E-state index is 0.427. The lowest BCUT2D eigenvalue weighted by Crippen LogP contribution is -2.29. The molecular weight excluding hydrogens is 206 g/mol. The smallest absolute Gasteiger partial charge is 0.221 e. The van der Waals surface area contributed by atoms with Gasteiger partial charge >= 0.3 is 0 Å². The third kappa shape index (κ3) is 3.66. The first kappa shape index (κ1) is 12.7. The number of nitrogens with one attached hydrogen (secondary N) is 1. The molecule has 5 nitrogen and oxygen atoms in total. The zero-order chi connectivity index (χ0) is 12.2. The molecule has 0 unspecified atom stereocenters. The molecule has 0 aliphatic rings. The fourth-order valence-electron chi connectivity index (χ4n) is 1.19. The lowest BCUT2D eigenvalue weighted by molar-refractivity contribution is 0.0944. The second kappa shape index (κ2) is 5.12.